The van der Waals surface area contributed by atoms with Crippen molar-refractivity contribution in [2.45, 2.75) is 125 Å². The molecule has 0 radical (unpaired) electrons. The van der Waals surface area contributed by atoms with Crippen LogP contribution in [0, 0.1) is 46.3 Å². The van der Waals surface area contributed by atoms with Crippen molar-refractivity contribution in [2.75, 3.05) is 0 Å². The fourth-order valence-electron chi connectivity index (χ4n) is 9.13. The molecule has 4 rings (SSSR count). The molecule has 0 amide bonds. The smallest absolute Gasteiger partial charge is 0.335 e. The largest absolute Gasteiger partial charge is 0.459 e. The molecule has 0 heterocycles. The van der Waals surface area contributed by atoms with Crippen LogP contribution in [-0.4, -0.2) is 12.1 Å². The number of allylic oxidation sites excluding steroid dienone is 2. The van der Waals surface area contributed by atoms with Crippen LogP contribution in [0.2, 0.25) is 0 Å². The van der Waals surface area contributed by atoms with Crippen LogP contribution in [0.4, 0.5) is 0 Å². The zero-order valence-electron chi connectivity index (χ0n) is 23.6. The van der Waals surface area contributed by atoms with E-state index in [0.717, 1.165) is 54.8 Å². The highest BCUT2D eigenvalue weighted by molar-refractivity contribution is 6.31. The second-order valence-corrected chi connectivity index (χ2v) is 14.3. The minimum absolute atomic E-state index is 0.000692. The van der Waals surface area contributed by atoms with E-state index >= 15 is 0 Å². The average Bonchev–Trinajstić information content (AvgIpc) is 3.15. The van der Waals surface area contributed by atoms with Crippen LogP contribution < -0.4 is 0 Å². The summed E-state index contributed by atoms with van der Waals surface area (Å²) in [5, 5.41) is 0.532. The predicted molar refractivity (Wildman–Crippen MR) is 147 cm³/mol. The van der Waals surface area contributed by atoms with Crippen LogP contribution in [-0.2, 0) is 9.53 Å². The summed E-state index contributed by atoms with van der Waals surface area (Å²) >= 11 is 6.04. The first-order chi connectivity index (χ1) is 16.5. The van der Waals surface area contributed by atoms with E-state index in [1.165, 1.54) is 51.4 Å². The highest BCUT2D eigenvalue weighted by atomic mass is 35.5. The van der Waals surface area contributed by atoms with Gasteiger partial charge in [-0.1, -0.05) is 77.1 Å². The molecule has 0 aliphatic heterocycles. The van der Waals surface area contributed by atoms with Gasteiger partial charge in [0.05, 0.1) is 0 Å². The van der Waals surface area contributed by atoms with Gasteiger partial charge in [0, 0.05) is 17.0 Å². The Bertz CT molecular complexity index is 852. The van der Waals surface area contributed by atoms with Crippen molar-refractivity contribution in [1.29, 1.82) is 0 Å². The van der Waals surface area contributed by atoms with E-state index in [2.05, 4.69) is 40.7 Å². The molecule has 0 spiro atoms. The summed E-state index contributed by atoms with van der Waals surface area (Å²) < 4.78 is 5.90. The predicted octanol–water partition coefficient (Wildman–Crippen LogP) is 9.47. The molecule has 3 saturated carbocycles. The van der Waals surface area contributed by atoms with Gasteiger partial charge in [-0.15, -0.1) is 0 Å². The summed E-state index contributed by atoms with van der Waals surface area (Å²) in [4.78, 5) is 12.5. The van der Waals surface area contributed by atoms with E-state index in [9.17, 15) is 4.79 Å². The lowest BCUT2D eigenvalue weighted by Crippen LogP contribution is -2.51. The first-order valence-corrected chi connectivity index (χ1v) is 15.1. The van der Waals surface area contributed by atoms with Gasteiger partial charge in [-0.05, 0) is 105 Å². The van der Waals surface area contributed by atoms with Crippen LogP contribution in [0.5, 0.6) is 0 Å². The van der Waals surface area contributed by atoms with Gasteiger partial charge >= 0.3 is 5.97 Å². The monoisotopic (exact) mass is 502 g/mol. The molecule has 0 unspecified atom stereocenters. The fourth-order valence-corrected chi connectivity index (χ4v) is 9.21. The maximum Gasteiger partial charge on any atom is 0.335 e. The molecule has 3 fully saturated rings. The summed E-state index contributed by atoms with van der Waals surface area (Å²) in [6, 6.07) is 0. The quantitative estimate of drug-likeness (QED) is 0.197. The lowest BCUT2D eigenvalue weighted by molar-refractivity contribution is -0.146. The standard InChI is InChI=1S/C32H51ClO2/c1-20(2)9-8-10-21(3)27-13-14-28-26-12-11-24-19-25(35-30(34)22(4)23(5)33)15-17-31(24,6)29(26)16-18-32(27,28)7/h11,20-21,25-29H,8-10,12-19H2,1-7H3/b23-22-/t21-,25+,26+,27-,28+,29+,31+,32-/m1/s1. The summed E-state index contributed by atoms with van der Waals surface area (Å²) in [6.45, 7) is 16.0. The molecule has 4 aliphatic carbocycles. The lowest BCUT2D eigenvalue weighted by atomic mass is 9.47. The van der Waals surface area contributed by atoms with Crippen molar-refractivity contribution in [3.05, 3.63) is 22.3 Å². The molecule has 0 saturated heterocycles. The van der Waals surface area contributed by atoms with Gasteiger partial charge < -0.3 is 4.74 Å². The van der Waals surface area contributed by atoms with E-state index in [1.807, 2.05) is 0 Å². The van der Waals surface area contributed by atoms with Crippen LogP contribution >= 0.6 is 11.6 Å². The summed E-state index contributed by atoms with van der Waals surface area (Å²) in [5.74, 6) is 4.91. The van der Waals surface area contributed by atoms with Gasteiger partial charge in [-0.25, -0.2) is 4.79 Å². The minimum atomic E-state index is -0.242. The Balaban J connectivity index is 1.44. The Kier molecular flexibility index (Phi) is 8.22. The normalized spacial score (nSPS) is 40.3. The summed E-state index contributed by atoms with van der Waals surface area (Å²) in [6.07, 6.45) is 16.8. The molecular formula is C32H51ClO2. The Morgan fingerprint density at radius 2 is 1.80 bits per heavy atom. The van der Waals surface area contributed by atoms with Crippen molar-refractivity contribution in [2.24, 2.45) is 46.3 Å². The number of fused-ring (bicyclic) bond motifs is 5. The number of rotatable bonds is 7. The van der Waals surface area contributed by atoms with Crippen molar-refractivity contribution >= 4 is 17.6 Å². The molecule has 0 bridgehead atoms. The SMILES string of the molecule is C/C(Cl)=C(\C)C(=O)O[C@H]1CC[C@@]2(C)C(=CC[C@H]3[C@@H]4CC[C@H]([C@H](C)CCCC(C)C)[C@@]4(C)CC[C@@H]32)C1. The molecule has 4 aliphatic rings. The van der Waals surface area contributed by atoms with Gasteiger partial charge in [0.1, 0.15) is 6.10 Å². The number of hydrogen-bond acceptors (Lipinski definition) is 2. The highest BCUT2D eigenvalue weighted by Gasteiger charge is 2.59. The van der Waals surface area contributed by atoms with Gasteiger partial charge in [0.15, 0.2) is 0 Å². The average molecular weight is 503 g/mol. The minimum Gasteiger partial charge on any atom is -0.459 e. The third kappa shape index (κ3) is 5.17. The lowest BCUT2D eigenvalue weighted by Gasteiger charge is -2.58. The molecule has 2 nitrogen and oxygen atoms in total. The van der Waals surface area contributed by atoms with Gasteiger partial charge in [-0.2, -0.15) is 0 Å². The van der Waals surface area contributed by atoms with E-state index in [-0.39, 0.29) is 12.1 Å². The molecule has 8 atom stereocenters. The first kappa shape index (κ1) is 27.3. The number of carbonyl (C=O) groups excluding carboxylic acids is 1. The maximum absolute atomic E-state index is 12.5. The Hall–Kier alpha value is -0.760. The topological polar surface area (TPSA) is 26.3 Å². The van der Waals surface area contributed by atoms with Crippen molar-refractivity contribution in [3.63, 3.8) is 0 Å². The summed E-state index contributed by atoms with van der Waals surface area (Å²) in [7, 11) is 0. The van der Waals surface area contributed by atoms with Crippen molar-refractivity contribution in [1.82, 2.24) is 0 Å². The Morgan fingerprint density at radius 1 is 1.06 bits per heavy atom. The molecule has 198 valence electrons. The Morgan fingerprint density at radius 3 is 2.49 bits per heavy atom. The fraction of sp³-hybridized carbons (Fsp3) is 0.844. The third-order valence-corrected chi connectivity index (χ3v) is 11.6. The molecule has 35 heavy (non-hydrogen) atoms. The zero-order chi connectivity index (χ0) is 25.5. The number of hydrogen-bond donors (Lipinski definition) is 0. The molecule has 0 aromatic heterocycles. The van der Waals surface area contributed by atoms with E-state index in [0.29, 0.717) is 21.4 Å². The van der Waals surface area contributed by atoms with Crippen molar-refractivity contribution in [3.8, 4) is 0 Å². The van der Waals surface area contributed by atoms with Crippen LogP contribution in [0.15, 0.2) is 22.3 Å². The molecule has 3 heteroatoms. The number of esters is 1. The van der Waals surface area contributed by atoms with Gasteiger partial charge in [0.2, 0.25) is 0 Å². The van der Waals surface area contributed by atoms with Crippen LogP contribution in [0.25, 0.3) is 0 Å². The molecule has 0 aromatic carbocycles. The van der Waals surface area contributed by atoms with Crippen LogP contribution in [0.1, 0.15) is 119 Å². The number of carbonyl (C=O) groups is 1. The Labute approximate surface area is 220 Å². The van der Waals surface area contributed by atoms with Crippen LogP contribution in [0.3, 0.4) is 0 Å². The number of ether oxygens (including phenoxy) is 1. The summed E-state index contributed by atoms with van der Waals surface area (Å²) in [5.41, 5.74) is 2.95. The van der Waals surface area contributed by atoms with E-state index in [1.54, 1.807) is 19.4 Å². The molecular weight excluding hydrogens is 452 g/mol. The zero-order valence-corrected chi connectivity index (χ0v) is 24.3. The maximum atomic E-state index is 12.5. The van der Waals surface area contributed by atoms with E-state index < -0.39 is 0 Å². The van der Waals surface area contributed by atoms with E-state index in [4.69, 9.17) is 16.3 Å². The number of halogens is 1. The highest BCUT2D eigenvalue weighted by Crippen LogP contribution is 2.67. The van der Waals surface area contributed by atoms with Gasteiger partial charge in [-0.3, -0.25) is 0 Å². The van der Waals surface area contributed by atoms with Crippen molar-refractivity contribution < 1.29 is 9.53 Å². The second-order valence-electron chi connectivity index (χ2n) is 13.7. The molecule has 0 N–H and O–H groups in total. The second kappa shape index (κ2) is 10.5. The van der Waals surface area contributed by atoms with Gasteiger partial charge in [0.25, 0.3) is 0 Å². The third-order valence-electron chi connectivity index (χ3n) is 11.4. The molecule has 0 aromatic rings. The first-order valence-electron chi connectivity index (χ1n) is 14.7.